The molecule has 1 heterocycles. The van der Waals surface area contributed by atoms with Crippen LogP contribution in [0.5, 0.6) is 0 Å². The summed E-state index contributed by atoms with van der Waals surface area (Å²) in [7, 11) is 0. The van der Waals surface area contributed by atoms with E-state index in [1.165, 1.54) is 17.2 Å². The van der Waals surface area contributed by atoms with Gasteiger partial charge in [-0.3, -0.25) is 4.79 Å². The number of hydrogen-bond acceptors (Lipinski definition) is 3. The highest BCUT2D eigenvalue weighted by Gasteiger charge is 2.06. The van der Waals surface area contributed by atoms with Gasteiger partial charge in [0.1, 0.15) is 11.6 Å². The zero-order valence-electron chi connectivity index (χ0n) is 11.5. The van der Waals surface area contributed by atoms with Crippen molar-refractivity contribution in [2.24, 2.45) is 0 Å². The molecule has 1 aromatic carbocycles. The van der Waals surface area contributed by atoms with Crippen molar-refractivity contribution >= 4 is 5.82 Å². The number of rotatable bonds is 4. The van der Waals surface area contributed by atoms with Gasteiger partial charge in [-0.2, -0.15) is 0 Å². The third kappa shape index (κ3) is 3.44. The summed E-state index contributed by atoms with van der Waals surface area (Å²) in [5, 5.41) is 3.25. The Hall–Kier alpha value is -2.10. The summed E-state index contributed by atoms with van der Waals surface area (Å²) in [6.45, 7) is 5.96. The van der Waals surface area contributed by atoms with E-state index in [2.05, 4.69) is 53.4 Å². The van der Waals surface area contributed by atoms with Gasteiger partial charge in [0.15, 0.2) is 0 Å². The largest absolute Gasteiger partial charge is 0.363 e. The Morgan fingerprint density at radius 2 is 2.00 bits per heavy atom. The van der Waals surface area contributed by atoms with Crippen molar-refractivity contribution in [3.63, 3.8) is 0 Å². The Morgan fingerprint density at radius 1 is 1.32 bits per heavy atom. The topological polar surface area (TPSA) is 57.8 Å². The minimum absolute atomic E-state index is 0.111. The first-order chi connectivity index (χ1) is 9.08. The number of anilines is 1. The fraction of sp³-hybridized carbons (Fsp3) is 0.333. The first kappa shape index (κ1) is 13.3. The normalized spacial score (nSPS) is 12.2. The molecule has 0 saturated heterocycles. The van der Waals surface area contributed by atoms with Crippen LogP contribution < -0.4 is 10.9 Å². The predicted octanol–water partition coefficient (Wildman–Crippen LogP) is 2.81. The van der Waals surface area contributed by atoms with Crippen LogP contribution in [-0.2, 0) is 6.42 Å². The van der Waals surface area contributed by atoms with E-state index in [0.29, 0.717) is 11.6 Å². The maximum atomic E-state index is 11.4. The number of aryl methyl sites for hydroxylation is 2. The van der Waals surface area contributed by atoms with Gasteiger partial charge in [-0.25, -0.2) is 4.98 Å². The highest BCUT2D eigenvalue weighted by Crippen LogP contribution is 2.17. The Labute approximate surface area is 112 Å². The van der Waals surface area contributed by atoms with E-state index in [4.69, 9.17) is 0 Å². The number of aromatic amines is 1. The molecule has 0 aliphatic rings. The van der Waals surface area contributed by atoms with E-state index in [1.807, 2.05) is 0 Å². The molecule has 0 aliphatic heterocycles. The van der Waals surface area contributed by atoms with Crippen molar-refractivity contribution in [3.05, 3.63) is 57.6 Å². The van der Waals surface area contributed by atoms with Crippen molar-refractivity contribution in [2.45, 2.75) is 33.2 Å². The Morgan fingerprint density at radius 3 is 2.58 bits per heavy atom. The molecule has 19 heavy (non-hydrogen) atoms. The Bertz CT molecular complexity index is 602. The molecule has 1 aromatic heterocycles. The summed E-state index contributed by atoms with van der Waals surface area (Å²) in [5.41, 5.74) is 2.36. The fourth-order valence-corrected chi connectivity index (χ4v) is 2.00. The second-order valence-electron chi connectivity index (χ2n) is 4.68. The predicted molar refractivity (Wildman–Crippen MR) is 77.5 cm³/mol. The summed E-state index contributed by atoms with van der Waals surface area (Å²) >= 11 is 0. The molecule has 100 valence electrons. The molecular formula is C15H19N3O. The highest BCUT2D eigenvalue weighted by molar-refractivity contribution is 5.37. The maximum Gasteiger partial charge on any atom is 0.252 e. The third-order valence-electron chi connectivity index (χ3n) is 3.11. The lowest BCUT2D eigenvalue weighted by atomic mass is 10.1. The van der Waals surface area contributed by atoms with Crippen LogP contribution in [0.4, 0.5) is 5.82 Å². The molecule has 0 radical (unpaired) electrons. The Balaban J connectivity index is 2.15. The molecule has 1 unspecified atom stereocenters. The zero-order valence-corrected chi connectivity index (χ0v) is 11.5. The van der Waals surface area contributed by atoms with E-state index < -0.39 is 0 Å². The monoisotopic (exact) mass is 257 g/mol. The smallest absolute Gasteiger partial charge is 0.252 e. The van der Waals surface area contributed by atoms with Crippen molar-refractivity contribution in [3.8, 4) is 0 Å². The molecule has 1 atom stereocenters. The van der Waals surface area contributed by atoms with Gasteiger partial charge in [-0.05, 0) is 31.4 Å². The average molecular weight is 257 g/mol. The molecule has 2 aromatic rings. The van der Waals surface area contributed by atoms with Crippen LogP contribution in [0.15, 0.2) is 35.1 Å². The Kier molecular flexibility index (Phi) is 4.00. The highest BCUT2D eigenvalue weighted by atomic mass is 16.1. The number of benzene rings is 1. The van der Waals surface area contributed by atoms with Gasteiger partial charge < -0.3 is 10.3 Å². The van der Waals surface area contributed by atoms with Crippen LogP contribution >= 0.6 is 0 Å². The second-order valence-corrected chi connectivity index (χ2v) is 4.68. The van der Waals surface area contributed by atoms with E-state index in [0.717, 1.165) is 6.42 Å². The lowest BCUT2D eigenvalue weighted by Gasteiger charge is -2.15. The first-order valence-corrected chi connectivity index (χ1v) is 6.52. The molecule has 0 saturated carbocycles. The van der Waals surface area contributed by atoms with E-state index in [-0.39, 0.29) is 11.6 Å². The van der Waals surface area contributed by atoms with Crippen LogP contribution in [0.1, 0.15) is 36.8 Å². The van der Waals surface area contributed by atoms with Gasteiger partial charge >= 0.3 is 0 Å². The number of H-pyrrole nitrogens is 1. The van der Waals surface area contributed by atoms with E-state index in [9.17, 15) is 4.79 Å². The van der Waals surface area contributed by atoms with Gasteiger partial charge in [0.25, 0.3) is 5.56 Å². The summed E-state index contributed by atoms with van der Waals surface area (Å²) in [6.07, 6.45) is 1.04. The molecule has 0 bridgehead atoms. The molecular weight excluding hydrogens is 238 g/mol. The lowest BCUT2D eigenvalue weighted by Crippen LogP contribution is -2.14. The van der Waals surface area contributed by atoms with Crippen molar-refractivity contribution in [2.75, 3.05) is 5.32 Å². The average Bonchev–Trinajstić information content (AvgIpc) is 2.37. The minimum Gasteiger partial charge on any atom is -0.363 e. The molecule has 0 aliphatic carbocycles. The molecule has 4 nitrogen and oxygen atoms in total. The van der Waals surface area contributed by atoms with Gasteiger partial charge in [-0.15, -0.1) is 0 Å². The van der Waals surface area contributed by atoms with Crippen LogP contribution in [0.25, 0.3) is 0 Å². The maximum absolute atomic E-state index is 11.4. The number of nitrogens with zero attached hydrogens (tertiary/aromatic N) is 1. The van der Waals surface area contributed by atoms with Crippen molar-refractivity contribution in [1.82, 2.24) is 9.97 Å². The summed E-state index contributed by atoms with van der Waals surface area (Å²) in [4.78, 5) is 18.3. The molecule has 0 amide bonds. The van der Waals surface area contributed by atoms with E-state index in [1.54, 1.807) is 6.92 Å². The number of hydrogen-bond donors (Lipinski definition) is 2. The number of nitrogens with one attached hydrogen (secondary N) is 2. The van der Waals surface area contributed by atoms with Crippen LogP contribution in [0.3, 0.4) is 0 Å². The lowest BCUT2D eigenvalue weighted by molar-refractivity contribution is 0.862. The summed E-state index contributed by atoms with van der Waals surface area (Å²) < 4.78 is 0. The first-order valence-electron chi connectivity index (χ1n) is 6.52. The van der Waals surface area contributed by atoms with Crippen LogP contribution in [0, 0.1) is 6.92 Å². The molecule has 2 rings (SSSR count). The standard InChI is InChI=1S/C15H19N3O/c1-4-12-5-7-13(8-6-12)10(2)16-14-9-15(19)18-11(3)17-14/h5-10H,4H2,1-3H3,(H2,16,17,18,19). The third-order valence-corrected chi connectivity index (χ3v) is 3.11. The summed E-state index contributed by atoms with van der Waals surface area (Å²) in [5.74, 6) is 1.22. The molecule has 2 N–H and O–H groups in total. The SMILES string of the molecule is CCc1ccc(C(C)Nc2cc(=O)[nH]c(C)n2)cc1. The van der Waals surface area contributed by atoms with Crippen LogP contribution in [-0.4, -0.2) is 9.97 Å². The van der Waals surface area contributed by atoms with Crippen molar-refractivity contribution in [1.29, 1.82) is 0 Å². The molecule has 0 spiro atoms. The van der Waals surface area contributed by atoms with Gasteiger partial charge in [0.05, 0.1) is 0 Å². The van der Waals surface area contributed by atoms with Gasteiger partial charge in [0.2, 0.25) is 0 Å². The van der Waals surface area contributed by atoms with Crippen LogP contribution in [0.2, 0.25) is 0 Å². The second kappa shape index (κ2) is 5.69. The zero-order chi connectivity index (χ0) is 13.8. The van der Waals surface area contributed by atoms with Gasteiger partial charge in [0, 0.05) is 12.1 Å². The minimum atomic E-state index is -0.136. The fourth-order valence-electron chi connectivity index (χ4n) is 2.00. The number of aromatic nitrogens is 2. The van der Waals surface area contributed by atoms with Gasteiger partial charge in [-0.1, -0.05) is 31.2 Å². The molecule has 0 fully saturated rings. The molecule has 4 heteroatoms. The summed E-state index contributed by atoms with van der Waals surface area (Å²) in [6, 6.07) is 10.1. The van der Waals surface area contributed by atoms with E-state index >= 15 is 0 Å². The van der Waals surface area contributed by atoms with Crippen molar-refractivity contribution < 1.29 is 0 Å². The quantitative estimate of drug-likeness (QED) is 0.885.